The molecule has 178 valence electrons. The highest BCUT2D eigenvalue weighted by Crippen LogP contribution is 2.22. The number of nitrogens with zero attached hydrogens (tertiary/aromatic N) is 6. The maximum Gasteiger partial charge on any atom is 0.429 e. The van der Waals surface area contributed by atoms with E-state index in [1.54, 1.807) is 13.8 Å². The zero-order valence-corrected chi connectivity index (χ0v) is 18.0. The maximum atomic E-state index is 14.5. The van der Waals surface area contributed by atoms with E-state index >= 15 is 0 Å². The van der Waals surface area contributed by atoms with Crippen LogP contribution in [0.3, 0.4) is 0 Å². The minimum Gasteiger partial charge on any atom is -0.474 e. The van der Waals surface area contributed by atoms with Crippen molar-refractivity contribution < 1.29 is 31.5 Å². The summed E-state index contributed by atoms with van der Waals surface area (Å²) in [6.07, 6.45) is -1.32. The highest BCUT2D eigenvalue weighted by molar-refractivity contribution is 5.98. The van der Waals surface area contributed by atoms with Crippen LogP contribution in [0.2, 0.25) is 0 Å². The maximum absolute atomic E-state index is 14.5. The second-order valence-electron chi connectivity index (χ2n) is 6.69. The van der Waals surface area contributed by atoms with Gasteiger partial charge in [0.15, 0.2) is 5.82 Å². The van der Waals surface area contributed by atoms with E-state index < -0.39 is 35.5 Å². The van der Waals surface area contributed by atoms with E-state index in [1.807, 2.05) is 0 Å². The Hall–Kier alpha value is -3.64. The van der Waals surface area contributed by atoms with Gasteiger partial charge in [-0.1, -0.05) is 0 Å². The minimum atomic E-state index is -4.61. The van der Waals surface area contributed by atoms with Gasteiger partial charge in [-0.2, -0.15) is 23.4 Å². The number of likely N-dealkylation sites (N-methyl/N-ethyl adjacent to an activating group) is 1. The van der Waals surface area contributed by atoms with Crippen LogP contribution in [0.25, 0.3) is 5.69 Å². The molecule has 13 heteroatoms. The molecule has 0 bridgehead atoms. The van der Waals surface area contributed by atoms with Gasteiger partial charge in [0.05, 0.1) is 30.2 Å². The monoisotopic (exact) mass is 472 g/mol. The third kappa shape index (κ3) is 6.43. The largest absolute Gasteiger partial charge is 0.474 e. The van der Waals surface area contributed by atoms with Crippen molar-refractivity contribution in [1.82, 2.24) is 19.9 Å². The summed E-state index contributed by atoms with van der Waals surface area (Å²) < 4.78 is 71.4. The van der Waals surface area contributed by atoms with Gasteiger partial charge in [0.25, 0.3) is 5.91 Å². The molecule has 0 aliphatic rings. The molecular weight excluding hydrogens is 451 g/mol. The van der Waals surface area contributed by atoms with Crippen molar-refractivity contribution in [2.45, 2.75) is 33.0 Å². The fourth-order valence-electron chi connectivity index (χ4n) is 2.72. The smallest absolute Gasteiger partial charge is 0.429 e. The highest BCUT2D eigenvalue weighted by Gasteiger charge is 2.31. The van der Waals surface area contributed by atoms with E-state index in [1.165, 1.54) is 17.3 Å². The lowest BCUT2D eigenvalue weighted by molar-refractivity contribution is -0.0592. The van der Waals surface area contributed by atoms with E-state index in [0.29, 0.717) is 6.07 Å². The Labute approximate surface area is 186 Å². The number of aromatic nitrogens is 3. The molecule has 2 aromatic rings. The van der Waals surface area contributed by atoms with Gasteiger partial charge >= 0.3 is 6.18 Å². The summed E-state index contributed by atoms with van der Waals surface area (Å²) in [5.74, 6) is -3.03. The van der Waals surface area contributed by atoms with E-state index in [0.717, 1.165) is 24.0 Å². The first-order valence-electron chi connectivity index (χ1n) is 9.57. The van der Waals surface area contributed by atoms with E-state index in [-0.39, 0.29) is 30.3 Å². The van der Waals surface area contributed by atoms with Gasteiger partial charge in [0.2, 0.25) is 5.88 Å². The number of benzene rings is 1. The summed E-state index contributed by atoms with van der Waals surface area (Å²) >= 11 is 0. The predicted molar refractivity (Wildman–Crippen MR) is 110 cm³/mol. The van der Waals surface area contributed by atoms with Crippen molar-refractivity contribution in [2.24, 2.45) is 9.98 Å². The molecule has 1 aromatic carbocycles. The summed E-state index contributed by atoms with van der Waals surface area (Å²) in [7, 11) is 0. The van der Waals surface area contributed by atoms with Crippen LogP contribution in [0, 0.1) is 11.6 Å². The van der Waals surface area contributed by atoms with Crippen LogP contribution < -0.4 is 0 Å². The fourth-order valence-corrected chi connectivity index (χ4v) is 2.72. The number of amides is 1. The van der Waals surface area contributed by atoms with E-state index in [4.69, 9.17) is 4.74 Å². The molecule has 0 saturated carbocycles. The molecule has 2 rings (SSSR count). The number of carbonyl (C=O) groups is 1. The summed E-state index contributed by atoms with van der Waals surface area (Å²) in [6.45, 7) is 7.12. The molecule has 1 atom stereocenters. The van der Waals surface area contributed by atoms with Crippen LogP contribution in [0.4, 0.5) is 22.0 Å². The van der Waals surface area contributed by atoms with Gasteiger partial charge in [-0.05, 0) is 33.6 Å². The molecule has 1 aromatic heterocycles. The number of hydrogen-bond donors (Lipinski definition) is 0. The molecule has 0 saturated heterocycles. The third-order valence-corrected chi connectivity index (χ3v) is 4.42. The zero-order valence-electron chi connectivity index (χ0n) is 18.0. The molecular formula is C20H21F5N6O2. The van der Waals surface area contributed by atoms with Crippen molar-refractivity contribution in [3.8, 4) is 5.69 Å². The average Bonchev–Trinajstić information content (AvgIpc) is 3.27. The first-order chi connectivity index (χ1) is 15.5. The molecule has 8 nitrogen and oxygen atoms in total. The van der Waals surface area contributed by atoms with Crippen LogP contribution in [-0.4, -0.2) is 63.6 Å². The van der Waals surface area contributed by atoms with Gasteiger partial charge < -0.3 is 9.64 Å². The quantitative estimate of drug-likeness (QED) is 0.314. The summed E-state index contributed by atoms with van der Waals surface area (Å²) in [5.41, 5.74) is -1.76. The SMILES string of the molecule is C=N/C(=C\N=C(/C)C(F)(F)F)OC[C@H](C)N(CC)C(=O)c1cc(F)cc(F)c1-n1nccn1. The van der Waals surface area contributed by atoms with Crippen LogP contribution in [0.5, 0.6) is 0 Å². The number of aliphatic imine (C=N–C) groups is 2. The lowest BCUT2D eigenvalue weighted by atomic mass is 10.1. The van der Waals surface area contributed by atoms with Crippen molar-refractivity contribution >= 4 is 18.3 Å². The first kappa shape index (κ1) is 25.6. The lowest BCUT2D eigenvalue weighted by Crippen LogP contribution is -2.41. The molecule has 0 spiro atoms. The Bertz CT molecular complexity index is 1050. The molecule has 0 aliphatic heterocycles. The number of hydrogen-bond acceptors (Lipinski definition) is 6. The third-order valence-electron chi connectivity index (χ3n) is 4.42. The topological polar surface area (TPSA) is 85.0 Å². The number of ether oxygens (including phenoxy) is 1. The lowest BCUT2D eigenvalue weighted by Gasteiger charge is -2.28. The Morgan fingerprint density at radius 1 is 1.30 bits per heavy atom. The molecule has 0 fully saturated rings. The number of halogens is 5. The second-order valence-corrected chi connectivity index (χ2v) is 6.69. The van der Waals surface area contributed by atoms with Gasteiger partial charge in [0, 0.05) is 12.6 Å². The standard InChI is InChI=1S/C20H21F5N6O2/c1-5-30(12(2)11-33-17(26-4)10-27-13(3)20(23,24)25)19(32)15-8-14(21)9-16(22)18(15)31-28-6-7-29-31/h6-10,12H,4-5,11H2,1-3H3/b17-10+,27-13+/t12-/m0/s1. The van der Waals surface area contributed by atoms with Crippen LogP contribution in [0.1, 0.15) is 31.1 Å². The van der Waals surface area contributed by atoms with Gasteiger partial charge in [0.1, 0.15) is 23.8 Å². The van der Waals surface area contributed by atoms with E-state index in [9.17, 15) is 26.7 Å². The average molecular weight is 472 g/mol. The second kappa shape index (κ2) is 10.8. The van der Waals surface area contributed by atoms with Gasteiger partial charge in [-0.25, -0.2) is 13.8 Å². The zero-order chi connectivity index (χ0) is 24.8. The Morgan fingerprint density at radius 3 is 2.48 bits per heavy atom. The van der Waals surface area contributed by atoms with Crippen LogP contribution in [0.15, 0.2) is 46.6 Å². The van der Waals surface area contributed by atoms with Crippen LogP contribution in [-0.2, 0) is 4.74 Å². The van der Waals surface area contributed by atoms with Gasteiger partial charge in [-0.15, -0.1) is 4.80 Å². The normalized spacial score (nSPS) is 13.6. The van der Waals surface area contributed by atoms with Crippen molar-refractivity contribution in [2.75, 3.05) is 13.2 Å². The highest BCUT2D eigenvalue weighted by atomic mass is 19.4. The first-order valence-corrected chi connectivity index (χ1v) is 9.57. The Morgan fingerprint density at radius 2 is 1.94 bits per heavy atom. The Kier molecular flexibility index (Phi) is 8.38. The minimum absolute atomic E-state index is 0.124. The van der Waals surface area contributed by atoms with Crippen molar-refractivity contribution in [1.29, 1.82) is 0 Å². The molecule has 0 unspecified atom stereocenters. The summed E-state index contributed by atoms with van der Waals surface area (Å²) in [4.78, 5) is 22.0. The number of carbonyl (C=O) groups excluding carboxylic acids is 1. The predicted octanol–water partition coefficient (Wildman–Crippen LogP) is 3.94. The molecule has 33 heavy (non-hydrogen) atoms. The Balaban J connectivity index is 2.25. The number of rotatable bonds is 9. The van der Waals surface area contributed by atoms with Crippen molar-refractivity contribution in [3.63, 3.8) is 0 Å². The molecule has 1 heterocycles. The molecule has 0 N–H and O–H groups in total. The fraction of sp³-hybridized carbons (Fsp3) is 0.350. The number of alkyl halides is 3. The van der Waals surface area contributed by atoms with Crippen molar-refractivity contribution in [3.05, 3.63) is 53.8 Å². The van der Waals surface area contributed by atoms with Crippen LogP contribution >= 0.6 is 0 Å². The summed E-state index contributed by atoms with van der Waals surface area (Å²) in [6, 6.07) is 0.797. The molecule has 0 radical (unpaired) electrons. The van der Waals surface area contributed by atoms with Gasteiger partial charge in [-0.3, -0.25) is 9.79 Å². The van der Waals surface area contributed by atoms with E-state index in [2.05, 4.69) is 26.9 Å². The molecule has 0 aliphatic carbocycles. The molecule has 1 amide bonds. The summed E-state index contributed by atoms with van der Waals surface area (Å²) in [5, 5.41) is 7.60.